The lowest BCUT2D eigenvalue weighted by Crippen LogP contribution is -1.58. The van der Waals surface area contributed by atoms with E-state index in [4.69, 9.17) is 12.6 Å². The zero-order valence-electron chi connectivity index (χ0n) is 3.72. The summed E-state index contributed by atoms with van der Waals surface area (Å²) >= 11 is 4.76. The molecule has 0 aromatic heterocycles. The van der Waals surface area contributed by atoms with E-state index in [2.05, 4.69) is 6.07 Å². The Kier molecular flexibility index (Phi) is 1.27. The van der Waals surface area contributed by atoms with Crippen molar-refractivity contribution in [3.63, 3.8) is 0 Å². The maximum absolute atomic E-state index is 4.76. The van der Waals surface area contributed by atoms with Crippen LogP contribution >= 0.6 is 12.6 Å². The Hall–Kier alpha value is -0.560. The van der Waals surface area contributed by atoms with E-state index in [1.54, 1.807) is 0 Å². The zero-order valence-corrected chi connectivity index (χ0v) is 4.53. The molecule has 7 heavy (non-hydrogen) atoms. The van der Waals surface area contributed by atoms with Gasteiger partial charge in [0.25, 0.3) is 0 Å². The highest BCUT2D eigenvalue weighted by Gasteiger charge is 1.75. The molecule has 0 heterocycles. The van der Waals surface area contributed by atoms with Crippen LogP contribution in [0.25, 0.3) is 0 Å². The molecule has 1 aromatic carbocycles. The second-order valence-corrected chi connectivity index (χ2v) is 1.67. The predicted molar refractivity (Wildman–Crippen MR) is 31.1 cm³/mol. The van der Waals surface area contributed by atoms with Gasteiger partial charge in [-0.15, -0.1) is 0 Å². The smallest absolute Gasteiger partial charge is 0.0456 e. The first-order valence-corrected chi connectivity index (χ1v) is 2.44. The monoisotopic (exact) mass is 108 g/mol. The van der Waals surface area contributed by atoms with Gasteiger partial charge >= 0.3 is 0 Å². The minimum absolute atomic E-state index is 0.780. The lowest BCUT2D eigenvalue weighted by Gasteiger charge is -1.79. The second-order valence-electron chi connectivity index (χ2n) is 1.23. The number of benzene rings is 1. The molecule has 0 aliphatic rings. The van der Waals surface area contributed by atoms with Gasteiger partial charge in [0, 0.05) is 11.0 Å². The predicted octanol–water partition coefficient (Wildman–Crippen LogP) is 2.04. The van der Waals surface area contributed by atoms with Crippen LogP contribution in [0.15, 0.2) is 29.2 Å². The van der Waals surface area contributed by atoms with Crippen molar-refractivity contribution >= 4 is 12.6 Å². The third-order valence-electron chi connectivity index (χ3n) is 0.681. The highest BCUT2D eigenvalue weighted by molar-refractivity contribution is 7.80. The minimum atomic E-state index is 0.780. The Morgan fingerprint density at radius 2 is 2.29 bits per heavy atom. The number of hydrogen-bond donors (Lipinski definition) is 0. The maximum Gasteiger partial charge on any atom is 0.0456 e. The second kappa shape index (κ2) is 1.94. The fraction of sp³-hybridized carbons (Fsp3) is 0. The van der Waals surface area contributed by atoms with Crippen LogP contribution in [-0.2, 0) is 0 Å². The van der Waals surface area contributed by atoms with Crippen molar-refractivity contribution in [1.82, 2.24) is 0 Å². The molecule has 0 amide bonds. The maximum atomic E-state index is 4.76. The molecular formula is C6H4S. The van der Waals surface area contributed by atoms with Crippen molar-refractivity contribution in [2.24, 2.45) is 0 Å². The SMILES string of the molecule is [S]c1[c]cccc1. The Balaban J connectivity index is 3.02. The standard InChI is InChI=1S/C6H4S/c7-6-4-2-1-3-5-6/h1-4H. The molecule has 34 valence electrons. The molecule has 0 saturated carbocycles. The van der Waals surface area contributed by atoms with Crippen LogP contribution in [0.3, 0.4) is 0 Å². The molecule has 1 heteroatoms. The Morgan fingerprint density at radius 1 is 1.43 bits per heavy atom. The van der Waals surface area contributed by atoms with E-state index in [0.717, 1.165) is 4.90 Å². The molecule has 1 rings (SSSR count). The van der Waals surface area contributed by atoms with Crippen LogP contribution in [0.1, 0.15) is 0 Å². The van der Waals surface area contributed by atoms with Gasteiger partial charge in [0.15, 0.2) is 0 Å². The van der Waals surface area contributed by atoms with Gasteiger partial charge in [0.2, 0.25) is 0 Å². The molecule has 0 atom stereocenters. The Labute approximate surface area is 48.6 Å². The quantitative estimate of drug-likeness (QED) is 0.477. The van der Waals surface area contributed by atoms with Gasteiger partial charge in [-0.05, 0) is 6.07 Å². The molecule has 0 saturated heterocycles. The molecule has 0 aliphatic heterocycles. The Morgan fingerprint density at radius 3 is 2.57 bits per heavy atom. The first-order chi connectivity index (χ1) is 3.39. The average Bonchev–Trinajstić information content (AvgIpc) is 1.69. The largest absolute Gasteiger partial charge is 0.0794 e. The normalized spacial score (nSPS) is 8.57. The molecule has 0 fully saturated rings. The summed E-state index contributed by atoms with van der Waals surface area (Å²) in [5, 5.41) is 0. The summed E-state index contributed by atoms with van der Waals surface area (Å²) in [5.74, 6) is 0. The third kappa shape index (κ3) is 1.16. The van der Waals surface area contributed by atoms with E-state index in [0.29, 0.717) is 0 Å². The molecule has 0 aliphatic carbocycles. The van der Waals surface area contributed by atoms with Crippen molar-refractivity contribution in [2.75, 3.05) is 0 Å². The average molecular weight is 108 g/mol. The van der Waals surface area contributed by atoms with Crippen molar-refractivity contribution in [3.8, 4) is 0 Å². The van der Waals surface area contributed by atoms with Gasteiger partial charge in [-0.3, -0.25) is 0 Å². The van der Waals surface area contributed by atoms with Crippen LogP contribution in [0.4, 0.5) is 0 Å². The highest BCUT2D eigenvalue weighted by Crippen LogP contribution is 1.99. The van der Waals surface area contributed by atoms with Crippen LogP contribution < -0.4 is 0 Å². The highest BCUT2D eigenvalue weighted by atomic mass is 32.1. The summed E-state index contributed by atoms with van der Waals surface area (Å²) in [4.78, 5) is 0.780. The topological polar surface area (TPSA) is 0 Å². The lowest BCUT2D eigenvalue weighted by atomic mass is 10.4. The van der Waals surface area contributed by atoms with Gasteiger partial charge in [0.1, 0.15) is 0 Å². The number of hydrogen-bond acceptors (Lipinski definition) is 0. The van der Waals surface area contributed by atoms with Crippen molar-refractivity contribution in [2.45, 2.75) is 4.90 Å². The minimum Gasteiger partial charge on any atom is -0.0794 e. The summed E-state index contributed by atoms with van der Waals surface area (Å²) in [7, 11) is 0. The molecule has 0 N–H and O–H groups in total. The van der Waals surface area contributed by atoms with Crippen LogP contribution in [-0.4, -0.2) is 0 Å². The molecule has 2 radical (unpaired) electrons. The van der Waals surface area contributed by atoms with E-state index in [1.807, 2.05) is 24.3 Å². The van der Waals surface area contributed by atoms with Gasteiger partial charge < -0.3 is 0 Å². The van der Waals surface area contributed by atoms with E-state index < -0.39 is 0 Å². The first kappa shape index (κ1) is 4.60. The molecule has 1 aromatic rings. The van der Waals surface area contributed by atoms with E-state index in [9.17, 15) is 0 Å². The molecule has 0 nitrogen and oxygen atoms in total. The van der Waals surface area contributed by atoms with Crippen molar-refractivity contribution in [3.05, 3.63) is 30.3 Å². The summed E-state index contributed by atoms with van der Waals surface area (Å²) in [6.07, 6.45) is 0. The lowest BCUT2D eigenvalue weighted by molar-refractivity contribution is 1.46. The molecule has 0 spiro atoms. The summed E-state index contributed by atoms with van der Waals surface area (Å²) < 4.78 is 0. The fourth-order valence-electron chi connectivity index (χ4n) is 0.377. The Bertz CT molecular complexity index is 134. The summed E-state index contributed by atoms with van der Waals surface area (Å²) in [6, 6.07) is 10.3. The molecule has 0 bridgehead atoms. The van der Waals surface area contributed by atoms with Gasteiger partial charge in [-0.2, -0.15) is 0 Å². The number of rotatable bonds is 0. The third-order valence-corrected chi connectivity index (χ3v) is 0.934. The van der Waals surface area contributed by atoms with Gasteiger partial charge in [-0.25, -0.2) is 0 Å². The van der Waals surface area contributed by atoms with E-state index in [1.165, 1.54) is 0 Å². The van der Waals surface area contributed by atoms with Crippen LogP contribution in [0.2, 0.25) is 0 Å². The van der Waals surface area contributed by atoms with Crippen molar-refractivity contribution < 1.29 is 0 Å². The van der Waals surface area contributed by atoms with Gasteiger partial charge in [0.05, 0.1) is 0 Å². The summed E-state index contributed by atoms with van der Waals surface area (Å²) in [5.41, 5.74) is 0. The molecular weight excluding hydrogens is 104 g/mol. The van der Waals surface area contributed by atoms with E-state index in [-0.39, 0.29) is 0 Å². The van der Waals surface area contributed by atoms with E-state index >= 15 is 0 Å². The molecule has 0 unspecified atom stereocenters. The zero-order chi connectivity index (χ0) is 5.11. The van der Waals surface area contributed by atoms with Crippen molar-refractivity contribution in [1.29, 1.82) is 0 Å². The summed E-state index contributed by atoms with van der Waals surface area (Å²) in [6.45, 7) is 0. The fourth-order valence-corrected chi connectivity index (χ4v) is 0.523. The first-order valence-electron chi connectivity index (χ1n) is 2.03. The van der Waals surface area contributed by atoms with Crippen LogP contribution in [0.5, 0.6) is 0 Å². The van der Waals surface area contributed by atoms with Crippen LogP contribution in [0, 0.1) is 6.07 Å². The van der Waals surface area contributed by atoms with Gasteiger partial charge in [-0.1, -0.05) is 30.8 Å².